The van der Waals surface area contributed by atoms with E-state index in [9.17, 15) is 9.90 Å². The SMILES string of the molecule is O=C(C1Cc2ccccc2S1)N1CCCC(O)C1. The highest BCUT2D eigenvalue weighted by Gasteiger charge is 2.33. The molecular formula is C14H17NO2S. The van der Waals surface area contributed by atoms with Gasteiger partial charge in [-0.1, -0.05) is 18.2 Å². The number of hydrogen-bond acceptors (Lipinski definition) is 3. The molecule has 4 heteroatoms. The van der Waals surface area contributed by atoms with Crippen LogP contribution in [0.25, 0.3) is 0 Å². The number of piperidine rings is 1. The average Bonchev–Trinajstić information content (AvgIpc) is 2.81. The first-order chi connectivity index (χ1) is 8.74. The Balaban J connectivity index is 1.68. The molecule has 1 amide bonds. The van der Waals surface area contributed by atoms with Crippen LogP contribution in [0.3, 0.4) is 0 Å². The summed E-state index contributed by atoms with van der Waals surface area (Å²) in [6.07, 6.45) is 2.22. The summed E-state index contributed by atoms with van der Waals surface area (Å²) in [4.78, 5) is 15.5. The number of benzene rings is 1. The zero-order chi connectivity index (χ0) is 12.5. The molecule has 2 aliphatic heterocycles. The van der Waals surface area contributed by atoms with Crippen LogP contribution >= 0.6 is 11.8 Å². The fourth-order valence-corrected chi connectivity index (χ4v) is 3.96. The number of hydrogen-bond donors (Lipinski definition) is 1. The first kappa shape index (κ1) is 12.1. The number of rotatable bonds is 1. The number of carbonyl (C=O) groups is 1. The third kappa shape index (κ3) is 2.27. The van der Waals surface area contributed by atoms with Gasteiger partial charge in [-0.2, -0.15) is 0 Å². The van der Waals surface area contributed by atoms with Gasteiger partial charge in [0.25, 0.3) is 0 Å². The quantitative estimate of drug-likeness (QED) is 0.838. The number of amides is 1. The van der Waals surface area contributed by atoms with Crippen molar-refractivity contribution in [3.05, 3.63) is 29.8 Å². The first-order valence-electron chi connectivity index (χ1n) is 6.45. The fraction of sp³-hybridized carbons (Fsp3) is 0.500. The van der Waals surface area contributed by atoms with Crippen LogP contribution in [-0.2, 0) is 11.2 Å². The molecule has 1 aromatic rings. The highest BCUT2D eigenvalue weighted by molar-refractivity contribution is 8.01. The lowest BCUT2D eigenvalue weighted by molar-refractivity contribution is -0.133. The summed E-state index contributed by atoms with van der Waals surface area (Å²) in [6.45, 7) is 1.30. The number of likely N-dealkylation sites (tertiary alicyclic amines) is 1. The monoisotopic (exact) mass is 263 g/mol. The van der Waals surface area contributed by atoms with Crippen molar-refractivity contribution in [1.29, 1.82) is 0 Å². The molecule has 1 aromatic carbocycles. The first-order valence-corrected chi connectivity index (χ1v) is 7.33. The molecule has 18 heavy (non-hydrogen) atoms. The van der Waals surface area contributed by atoms with Gasteiger partial charge in [0, 0.05) is 18.0 Å². The minimum atomic E-state index is -0.337. The van der Waals surface area contributed by atoms with Crippen molar-refractivity contribution in [3.8, 4) is 0 Å². The molecule has 0 radical (unpaired) electrons. The summed E-state index contributed by atoms with van der Waals surface area (Å²) < 4.78 is 0. The van der Waals surface area contributed by atoms with E-state index in [2.05, 4.69) is 12.1 Å². The van der Waals surface area contributed by atoms with Crippen molar-refractivity contribution < 1.29 is 9.90 Å². The highest BCUT2D eigenvalue weighted by atomic mass is 32.2. The standard InChI is InChI=1S/C14H17NO2S/c16-11-5-3-7-15(9-11)14(17)13-8-10-4-1-2-6-12(10)18-13/h1-2,4,6,11,13,16H,3,5,7-9H2. The van der Waals surface area contributed by atoms with E-state index in [1.54, 1.807) is 11.8 Å². The Hall–Kier alpha value is -1.00. The van der Waals surface area contributed by atoms with Crippen molar-refractivity contribution in [2.75, 3.05) is 13.1 Å². The number of aliphatic hydroxyl groups excluding tert-OH is 1. The van der Waals surface area contributed by atoms with Crippen LogP contribution in [0.2, 0.25) is 0 Å². The van der Waals surface area contributed by atoms with E-state index in [1.165, 1.54) is 10.5 Å². The van der Waals surface area contributed by atoms with Gasteiger partial charge in [0.2, 0.25) is 5.91 Å². The molecule has 2 aliphatic rings. The number of thioether (sulfide) groups is 1. The van der Waals surface area contributed by atoms with Gasteiger partial charge in [-0.25, -0.2) is 0 Å². The molecule has 0 aromatic heterocycles. The zero-order valence-corrected chi connectivity index (χ0v) is 11.0. The molecule has 3 nitrogen and oxygen atoms in total. The van der Waals surface area contributed by atoms with Gasteiger partial charge in [0.1, 0.15) is 0 Å². The number of nitrogens with zero attached hydrogens (tertiary/aromatic N) is 1. The number of carbonyl (C=O) groups excluding carboxylic acids is 1. The Kier molecular flexibility index (Phi) is 3.31. The maximum absolute atomic E-state index is 12.4. The zero-order valence-electron chi connectivity index (χ0n) is 10.2. The second-order valence-corrected chi connectivity index (χ2v) is 6.24. The van der Waals surface area contributed by atoms with Crippen molar-refractivity contribution >= 4 is 17.7 Å². The molecule has 1 saturated heterocycles. The van der Waals surface area contributed by atoms with Gasteiger partial charge in [-0.15, -0.1) is 11.8 Å². The van der Waals surface area contributed by atoms with Crippen molar-refractivity contribution in [1.82, 2.24) is 4.90 Å². The summed E-state index contributed by atoms with van der Waals surface area (Å²) in [7, 11) is 0. The normalized spacial score (nSPS) is 27.1. The number of aliphatic hydroxyl groups is 1. The van der Waals surface area contributed by atoms with E-state index in [-0.39, 0.29) is 17.3 Å². The van der Waals surface area contributed by atoms with Crippen LogP contribution in [-0.4, -0.2) is 40.4 Å². The predicted octanol–water partition coefficient (Wildman–Crippen LogP) is 1.69. The van der Waals surface area contributed by atoms with Gasteiger partial charge in [-0.05, 0) is 30.9 Å². The molecule has 96 valence electrons. The van der Waals surface area contributed by atoms with Crippen LogP contribution in [0.5, 0.6) is 0 Å². The molecule has 0 spiro atoms. The summed E-state index contributed by atoms with van der Waals surface area (Å²) in [5.41, 5.74) is 1.28. The highest BCUT2D eigenvalue weighted by Crippen LogP contribution is 2.37. The topological polar surface area (TPSA) is 40.5 Å². The molecule has 0 bridgehead atoms. The molecule has 1 N–H and O–H groups in total. The lowest BCUT2D eigenvalue weighted by atomic mass is 10.1. The molecule has 2 heterocycles. The second kappa shape index (κ2) is 4.94. The Labute approximate surface area is 111 Å². The largest absolute Gasteiger partial charge is 0.391 e. The molecule has 1 fully saturated rings. The van der Waals surface area contributed by atoms with Gasteiger partial charge in [0.05, 0.1) is 11.4 Å². The number of β-amino-alcohol motifs (C(OH)–C–C–N with tert-alkyl or cyclic N) is 1. The molecule has 0 aliphatic carbocycles. The van der Waals surface area contributed by atoms with Crippen LogP contribution in [0.4, 0.5) is 0 Å². The molecule has 2 unspecified atom stereocenters. The smallest absolute Gasteiger partial charge is 0.236 e. The maximum Gasteiger partial charge on any atom is 0.236 e. The van der Waals surface area contributed by atoms with E-state index in [1.807, 2.05) is 17.0 Å². The van der Waals surface area contributed by atoms with Gasteiger partial charge < -0.3 is 10.0 Å². The van der Waals surface area contributed by atoms with Crippen molar-refractivity contribution in [3.63, 3.8) is 0 Å². The Morgan fingerprint density at radius 1 is 1.39 bits per heavy atom. The third-order valence-electron chi connectivity index (χ3n) is 3.63. The lowest BCUT2D eigenvalue weighted by Crippen LogP contribution is -2.45. The second-order valence-electron chi connectivity index (χ2n) is 5.00. The molecule has 2 atom stereocenters. The van der Waals surface area contributed by atoms with Crippen molar-refractivity contribution in [2.24, 2.45) is 0 Å². The Morgan fingerprint density at radius 2 is 2.22 bits per heavy atom. The minimum absolute atomic E-state index is 0.00713. The summed E-state index contributed by atoms with van der Waals surface area (Å²) in [5, 5.41) is 9.65. The lowest BCUT2D eigenvalue weighted by Gasteiger charge is -2.31. The molecular weight excluding hydrogens is 246 g/mol. The van der Waals surface area contributed by atoms with Crippen LogP contribution in [0.1, 0.15) is 18.4 Å². The summed E-state index contributed by atoms with van der Waals surface area (Å²) in [6, 6.07) is 8.22. The molecule has 3 rings (SSSR count). The predicted molar refractivity (Wildman–Crippen MR) is 71.6 cm³/mol. The van der Waals surface area contributed by atoms with E-state index < -0.39 is 0 Å². The fourth-order valence-electron chi connectivity index (χ4n) is 2.68. The van der Waals surface area contributed by atoms with E-state index in [0.717, 1.165) is 25.8 Å². The van der Waals surface area contributed by atoms with Crippen LogP contribution < -0.4 is 0 Å². The Morgan fingerprint density at radius 3 is 3.00 bits per heavy atom. The van der Waals surface area contributed by atoms with Crippen molar-refractivity contribution in [2.45, 2.75) is 35.5 Å². The van der Waals surface area contributed by atoms with E-state index >= 15 is 0 Å². The summed E-state index contributed by atoms with van der Waals surface area (Å²) in [5.74, 6) is 0.190. The average molecular weight is 263 g/mol. The molecule has 0 saturated carbocycles. The van der Waals surface area contributed by atoms with E-state index in [4.69, 9.17) is 0 Å². The van der Waals surface area contributed by atoms with Gasteiger partial charge in [0.15, 0.2) is 0 Å². The van der Waals surface area contributed by atoms with E-state index in [0.29, 0.717) is 6.54 Å². The van der Waals surface area contributed by atoms with Crippen LogP contribution in [0, 0.1) is 0 Å². The van der Waals surface area contributed by atoms with Crippen LogP contribution in [0.15, 0.2) is 29.2 Å². The minimum Gasteiger partial charge on any atom is -0.391 e. The number of fused-ring (bicyclic) bond motifs is 1. The van der Waals surface area contributed by atoms with Gasteiger partial charge in [-0.3, -0.25) is 4.79 Å². The third-order valence-corrected chi connectivity index (χ3v) is 4.94. The van der Waals surface area contributed by atoms with Gasteiger partial charge >= 0.3 is 0 Å². The summed E-state index contributed by atoms with van der Waals surface area (Å²) >= 11 is 1.67. The Bertz CT molecular complexity index is 438. The maximum atomic E-state index is 12.4.